The fourth-order valence-electron chi connectivity index (χ4n) is 4.25. The molecule has 4 aromatic rings. The van der Waals surface area contributed by atoms with Crippen LogP contribution in [0.5, 0.6) is 0 Å². The van der Waals surface area contributed by atoms with Crippen LogP contribution in [0.15, 0.2) is 103 Å². The van der Waals surface area contributed by atoms with Crippen molar-refractivity contribution in [1.29, 1.82) is 0 Å². The molecule has 1 aliphatic rings. The molecule has 0 saturated carbocycles. The summed E-state index contributed by atoms with van der Waals surface area (Å²) in [7, 11) is 0. The first-order valence-electron chi connectivity index (χ1n) is 8.59. The number of aromatic nitrogens is 1. The molecule has 0 saturated heterocycles. The van der Waals surface area contributed by atoms with E-state index in [0.29, 0.717) is 0 Å². The first-order chi connectivity index (χ1) is 12.4. The molecule has 1 aliphatic heterocycles. The molecule has 2 heterocycles. The topological polar surface area (TPSA) is 12.9 Å². The van der Waals surface area contributed by atoms with Crippen molar-refractivity contribution >= 4 is 30.8 Å². The SMILES string of the molecule is c1cc[c]([Ge]2([c]3ccccc3)[c]3ccccc3-c3nccc[c]32)cc1. The number of nitrogens with zero attached hydrogens (tertiary/aromatic N) is 1. The second-order valence-corrected chi connectivity index (χ2v) is 14.3. The zero-order chi connectivity index (χ0) is 16.7. The molecule has 0 aliphatic carbocycles. The molecule has 0 fully saturated rings. The van der Waals surface area contributed by atoms with Gasteiger partial charge in [-0.1, -0.05) is 0 Å². The van der Waals surface area contributed by atoms with Crippen molar-refractivity contribution in [1.82, 2.24) is 4.98 Å². The Morgan fingerprint density at radius 2 is 1.08 bits per heavy atom. The molecule has 0 unspecified atom stereocenters. The minimum absolute atomic E-state index is 1.17. The van der Waals surface area contributed by atoms with Gasteiger partial charge in [0.1, 0.15) is 0 Å². The van der Waals surface area contributed by atoms with Gasteiger partial charge in [-0.2, -0.15) is 0 Å². The standard InChI is InChI=1S/C23H17GeN/c1-3-10-18(11-4-1)24(19-12-5-2-6-13-19)21-15-8-7-14-20(21)23-22(24)16-9-17-25-23/h1-17H. The van der Waals surface area contributed by atoms with Crippen LogP contribution in [0.25, 0.3) is 11.3 Å². The average Bonchev–Trinajstić information content (AvgIpc) is 3.01. The fraction of sp³-hybridized carbons (Fsp3) is 0. The number of pyridine rings is 1. The van der Waals surface area contributed by atoms with Gasteiger partial charge in [0.05, 0.1) is 0 Å². The zero-order valence-corrected chi connectivity index (χ0v) is 15.9. The van der Waals surface area contributed by atoms with Crippen LogP contribution in [0.4, 0.5) is 0 Å². The van der Waals surface area contributed by atoms with Gasteiger partial charge in [0.2, 0.25) is 0 Å². The molecule has 0 atom stereocenters. The summed E-state index contributed by atoms with van der Waals surface area (Å²) in [6.45, 7) is 0. The van der Waals surface area contributed by atoms with E-state index >= 15 is 0 Å². The van der Waals surface area contributed by atoms with Gasteiger partial charge in [-0.15, -0.1) is 0 Å². The second kappa shape index (κ2) is 5.71. The molecule has 118 valence electrons. The first kappa shape index (κ1) is 14.7. The fourth-order valence-corrected chi connectivity index (χ4v) is 15.0. The molecule has 0 radical (unpaired) electrons. The van der Waals surface area contributed by atoms with Crippen LogP contribution < -0.4 is 17.6 Å². The Balaban J connectivity index is 1.98. The summed E-state index contributed by atoms with van der Waals surface area (Å²) in [6, 6.07) is 35.4. The third kappa shape index (κ3) is 1.99. The van der Waals surface area contributed by atoms with Gasteiger partial charge >= 0.3 is 150 Å². The monoisotopic (exact) mass is 381 g/mol. The summed E-state index contributed by atoms with van der Waals surface area (Å²) in [4.78, 5) is 4.79. The molecule has 5 rings (SSSR count). The number of benzene rings is 3. The van der Waals surface area contributed by atoms with E-state index in [-0.39, 0.29) is 0 Å². The predicted octanol–water partition coefficient (Wildman–Crippen LogP) is 2.44. The van der Waals surface area contributed by atoms with Crippen LogP contribution in [0.3, 0.4) is 0 Å². The van der Waals surface area contributed by atoms with Crippen LogP contribution >= 0.6 is 0 Å². The number of rotatable bonds is 2. The number of fused-ring (bicyclic) bond motifs is 3. The summed E-state index contributed by atoms with van der Waals surface area (Å²) >= 11 is -2.98. The molecule has 25 heavy (non-hydrogen) atoms. The van der Waals surface area contributed by atoms with Crippen molar-refractivity contribution in [3.63, 3.8) is 0 Å². The third-order valence-corrected chi connectivity index (χ3v) is 15.4. The van der Waals surface area contributed by atoms with Crippen molar-refractivity contribution in [2.75, 3.05) is 0 Å². The van der Waals surface area contributed by atoms with Gasteiger partial charge in [0.25, 0.3) is 0 Å². The van der Waals surface area contributed by atoms with Crippen molar-refractivity contribution < 1.29 is 0 Å². The van der Waals surface area contributed by atoms with Gasteiger partial charge in [0, 0.05) is 0 Å². The van der Waals surface area contributed by atoms with E-state index in [4.69, 9.17) is 4.98 Å². The molecule has 0 bridgehead atoms. The summed E-state index contributed by atoms with van der Waals surface area (Å²) in [5, 5.41) is 0. The summed E-state index contributed by atoms with van der Waals surface area (Å²) in [6.07, 6.45) is 1.92. The van der Waals surface area contributed by atoms with E-state index in [1.54, 1.807) is 0 Å². The Kier molecular flexibility index (Phi) is 3.35. The maximum absolute atomic E-state index is 4.79. The zero-order valence-electron chi connectivity index (χ0n) is 13.8. The summed E-state index contributed by atoms with van der Waals surface area (Å²) in [5.74, 6) is 0. The van der Waals surface area contributed by atoms with Gasteiger partial charge in [0.15, 0.2) is 0 Å². The number of hydrogen-bond acceptors (Lipinski definition) is 1. The molecule has 0 amide bonds. The van der Waals surface area contributed by atoms with E-state index in [1.807, 2.05) is 6.20 Å². The summed E-state index contributed by atoms with van der Waals surface area (Å²) < 4.78 is 5.87. The van der Waals surface area contributed by atoms with Crippen molar-refractivity contribution in [3.8, 4) is 11.3 Å². The van der Waals surface area contributed by atoms with E-state index in [9.17, 15) is 0 Å². The Morgan fingerprint density at radius 1 is 0.520 bits per heavy atom. The van der Waals surface area contributed by atoms with Crippen LogP contribution in [-0.2, 0) is 0 Å². The molecule has 2 heteroatoms. The Morgan fingerprint density at radius 3 is 1.76 bits per heavy atom. The molecular weight excluding hydrogens is 363 g/mol. The van der Waals surface area contributed by atoms with Crippen molar-refractivity contribution in [3.05, 3.63) is 103 Å². The van der Waals surface area contributed by atoms with Crippen molar-refractivity contribution in [2.24, 2.45) is 0 Å². The molecule has 0 N–H and O–H groups in total. The van der Waals surface area contributed by atoms with E-state index in [2.05, 4.69) is 97.1 Å². The normalized spacial score (nSPS) is 13.9. The first-order valence-corrected chi connectivity index (χ1v) is 12.8. The summed E-state index contributed by atoms with van der Waals surface area (Å²) in [5.41, 5.74) is 2.48. The average molecular weight is 380 g/mol. The van der Waals surface area contributed by atoms with Crippen LogP contribution in [0.2, 0.25) is 0 Å². The van der Waals surface area contributed by atoms with Gasteiger partial charge < -0.3 is 0 Å². The van der Waals surface area contributed by atoms with E-state index < -0.39 is 13.3 Å². The predicted molar refractivity (Wildman–Crippen MR) is 107 cm³/mol. The molecular formula is C23H17GeN. The molecule has 1 nitrogen and oxygen atoms in total. The molecule has 3 aromatic carbocycles. The Bertz CT molecular complexity index is 955. The van der Waals surface area contributed by atoms with Crippen LogP contribution in [-0.4, -0.2) is 18.3 Å². The quantitative estimate of drug-likeness (QED) is 0.429. The third-order valence-electron chi connectivity index (χ3n) is 5.21. The molecule has 0 spiro atoms. The second-order valence-electron chi connectivity index (χ2n) is 6.43. The number of hydrogen-bond donors (Lipinski definition) is 0. The Labute approximate surface area is 150 Å². The van der Waals surface area contributed by atoms with Crippen LogP contribution in [0.1, 0.15) is 0 Å². The van der Waals surface area contributed by atoms with Crippen molar-refractivity contribution in [2.45, 2.75) is 0 Å². The minimum atomic E-state index is -2.98. The molecule has 1 aromatic heterocycles. The maximum atomic E-state index is 4.79. The Hall–Kier alpha value is -2.65. The van der Waals surface area contributed by atoms with Gasteiger partial charge in [-0.05, 0) is 0 Å². The van der Waals surface area contributed by atoms with Crippen LogP contribution in [0, 0.1) is 0 Å². The van der Waals surface area contributed by atoms with E-state index in [0.717, 1.165) is 0 Å². The van der Waals surface area contributed by atoms with Gasteiger partial charge in [-0.25, -0.2) is 0 Å². The van der Waals surface area contributed by atoms with Gasteiger partial charge in [-0.3, -0.25) is 0 Å². The van der Waals surface area contributed by atoms with E-state index in [1.165, 1.54) is 28.8 Å².